The normalized spacial score (nSPS) is 35.6. The van der Waals surface area contributed by atoms with Gasteiger partial charge in [0.25, 0.3) is 0 Å². The molecule has 0 bridgehead atoms. The van der Waals surface area contributed by atoms with Crippen molar-refractivity contribution >= 4 is 35.1 Å². The van der Waals surface area contributed by atoms with E-state index in [4.69, 9.17) is 0 Å². The van der Waals surface area contributed by atoms with E-state index in [1.807, 2.05) is 11.8 Å². The second kappa shape index (κ2) is 4.39. The summed E-state index contributed by atoms with van der Waals surface area (Å²) in [6.07, 6.45) is 3.95. The van der Waals surface area contributed by atoms with Crippen molar-refractivity contribution in [3.05, 3.63) is 9.81 Å². The van der Waals surface area contributed by atoms with E-state index in [0.717, 1.165) is 17.7 Å². The lowest BCUT2D eigenvalue weighted by molar-refractivity contribution is -0.123. The number of carbonyl (C=O) groups excluding carboxylic acids is 2. The van der Waals surface area contributed by atoms with Crippen molar-refractivity contribution in [1.29, 1.82) is 0 Å². The van der Waals surface area contributed by atoms with Crippen molar-refractivity contribution in [2.75, 3.05) is 0 Å². The first-order valence-electron chi connectivity index (χ1n) is 7.26. The van der Waals surface area contributed by atoms with Crippen LogP contribution in [0.1, 0.15) is 59.8 Å². The molecule has 1 unspecified atom stereocenters. The molecule has 3 rings (SSSR count). The lowest BCUT2D eigenvalue weighted by Crippen LogP contribution is -2.37. The van der Waals surface area contributed by atoms with Crippen LogP contribution in [0, 0.1) is 10.8 Å². The second-order valence-corrected chi connectivity index (χ2v) is 11.2. The van der Waals surface area contributed by atoms with Gasteiger partial charge in [0.15, 0.2) is 5.78 Å². The minimum absolute atomic E-state index is 0.0580. The van der Waals surface area contributed by atoms with Gasteiger partial charge in [-0.3, -0.25) is 9.59 Å². The Kier molecular flexibility index (Phi) is 3.23. The molecular formula is C16H22O2S2. The van der Waals surface area contributed by atoms with Gasteiger partial charge in [0.1, 0.15) is 5.78 Å². The quantitative estimate of drug-likeness (QED) is 0.657. The molecule has 110 valence electrons. The van der Waals surface area contributed by atoms with Gasteiger partial charge in [-0.15, -0.1) is 23.5 Å². The van der Waals surface area contributed by atoms with Crippen LogP contribution in [0.3, 0.4) is 0 Å². The number of Topliss-reactive ketones (excluding diaryl/α,β-unsaturated/α-hetero) is 2. The van der Waals surface area contributed by atoms with Crippen molar-refractivity contribution < 1.29 is 9.59 Å². The maximum Gasteiger partial charge on any atom is 0.170 e. The summed E-state index contributed by atoms with van der Waals surface area (Å²) in [6.45, 7) is 8.69. The van der Waals surface area contributed by atoms with Crippen LogP contribution in [-0.4, -0.2) is 15.6 Å². The third-order valence-corrected chi connectivity index (χ3v) is 7.50. The zero-order valence-corrected chi connectivity index (χ0v) is 14.3. The van der Waals surface area contributed by atoms with E-state index in [1.165, 1.54) is 4.91 Å². The largest absolute Gasteiger partial charge is 0.300 e. The summed E-state index contributed by atoms with van der Waals surface area (Å²) in [4.78, 5) is 26.7. The maximum atomic E-state index is 12.4. The average Bonchev–Trinajstić information content (AvgIpc) is 2.49. The highest BCUT2D eigenvalue weighted by atomic mass is 32.2. The first-order chi connectivity index (χ1) is 9.10. The van der Waals surface area contributed by atoms with Gasteiger partial charge in [-0.05, 0) is 23.7 Å². The SMILES string of the molecule is CC1(C)CC(=O)C2=C(C1)SC1(CC(=O)CC(C)(C)C1)S2. The predicted octanol–water partition coefficient (Wildman–Crippen LogP) is 4.54. The fraction of sp³-hybridized carbons (Fsp3) is 0.750. The zero-order valence-electron chi connectivity index (χ0n) is 12.7. The number of thioether (sulfide) groups is 2. The third kappa shape index (κ3) is 2.61. The molecular weight excluding hydrogens is 288 g/mol. The van der Waals surface area contributed by atoms with Crippen LogP contribution in [0.2, 0.25) is 0 Å². The number of hydrogen-bond donors (Lipinski definition) is 0. The molecule has 1 aliphatic heterocycles. The molecule has 0 aromatic rings. The molecule has 20 heavy (non-hydrogen) atoms. The molecule has 1 atom stereocenters. The first kappa shape index (κ1) is 14.7. The van der Waals surface area contributed by atoms with Gasteiger partial charge in [0.05, 0.1) is 8.98 Å². The Morgan fingerprint density at radius 2 is 1.55 bits per heavy atom. The monoisotopic (exact) mass is 310 g/mol. The highest BCUT2D eigenvalue weighted by Crippen LogP contribution is 2.65. The van der Waals surface area contributed by atoms with E-state index in [9.17, 15) is 9.59 Å². The number of hydrogen-bond acceptors (Lipinski definition) is 4. The standard InChI is InChI=1S/C16H22O2S2/c1-14(2)7-11(18)13-12(8-14)19-16(20-13)6-10(17)5-15(3,4)9-16/h5-9H2,1-4H3. The number of carbonyl (C=O) groups is 2. The Morgan fingerprint density at radius 3 is 2.20 bits per heavy atom. The topological polar surface area (TPSA) is 34.1 Å². The van der Waals surface area contributed by atoms with E-state index in [0.29, 0.717) is 30.8 Å². The number of ketones is 2. The molecule has 4 heteroatoms. The van der Waals surface area contributed by atoms with Crippen molar-refractivity contribution in [2.45, 2.75) is 63.9 Å². The minimum atomic E-state index is -0.0976. The summed E-state index contributed by atoms with van der Waals surface area (Å²) in [5.74, 6) is 0.647. The molecule has 0 saturated heterocycles. The van der Waals surface area contributed by atoms with Crippen LogP contribution < -0.4 is 0 Å². The van der Waals surface area contributed by atoms with Crippen LogP contribution in [0.25, 0.3) is 0 Å². The summed E-state index contributed by atoms with van der Waals surface area (Å²) in [6, 6.07) is 0. The van der Waals surface area contributed by atoms with Crippen LogP contribution in [-0.2, 0) is 9.59 Å². The number of rotatable bonds is 0. The van der Waals surface area contributed by atoms with Crippen molar-refractivity contribution in [3.8, 4) is 0 Å². The highest BCUT2D eigenvalue weighted by molar-refractivity contribution is 8.25. The molecule has 1 saturated carbocycles. The van der Waals surface area contributed by atoms with E-state index in [2.05, 4.69) is 27.7 Å². The molecule has 0 aromatic heterocycles. The minimum Gasteiger partial charge on any atom is -0.300 e. The second-order valence-electron chi connectivity index (χ2n) is 8.04. The Morgan fingerprint density at radius 1 is 0.850 bits per heavy atom. The summed E-state index contributed by atoms with van der Waals surface area (Å²) < 4.78 is -0.0976. The third-order valence-electron chi connectivity index (χ3n) is 4.27. The van der Waals surface area contributed by atoms with Crippen molar-refractivity contribution in [2.24, 2.45) is 10.8 Å². The molecule has 0 amide bonds. The first-order valence-corrected chi connectivity index (χ1v) is 8.89. The Labute approximate surface area is 129 Å². The van der Waals surface area contributed by atoms with Crippen molar-refractivity contribution in [3.63, 3.8) is 0 Å². The molecule has 0 radical (unpaired) electrons. The van der Waals surface area contributed by atoms with Gasteiger partial charge < -0.3 is 0 Å². The van der Waals surface area contributed by atoms with E-state index < -0.39 is 0 Å². The van der Waals surface area contributed by atoms with Gasteiger partial charge in [-0.25, -0.2) is 0 Å². The Bertz CT molecular complexity index is 531. The summed E-state index contributed by atoms with van der Waals surface area (Å²) >= 11 is 3.54. The van der Waals surface area contributed by atoms with E-state index >= 15 is 0 Å². The van der Waals surface area contributed by atoms with Crippen LogP contribution in [0.15, 0.2) is 9.81 Å². The Hall–Kier alpha value is -0.220. The van der Waals surface area contributed by atoms with Crippen molar-refractivity contribution in [1.82, 2.24) is 0 Å². The summed E-state index contributed by atoms with van der Waals surface area (Å²) in [7, 11) is 0. The zero-order chi connectivity index (χ0) is 14.8. The molecule has 3 aliphatic rings. The average molecular weight is 310 g/mol. The lowest BCUT2D eigenvalue weighted by atomic mass is 9.76. The van der Waals surface area contributed by atoms with E-state index in [-0.39, 0.29) is 14.9 Å². The van der Waals surface area contributed by atoms with E-state index in [1.54, 1.807) is 11.8 Å². The fourth-order valence-electron chi connectivity index (χ4n) is 3.77. The van der Waals surface area contributed by atoms with Gasteiger partial charge >= 0.3 is 0 Å². The smallest absolute Gasteiger partial charge is 0.170 e. The summed E-state index contributed by atoms with van der Waals surface area (Å²) in [5.41, 5.74) is 0.131. The molecule has 0 aromatic carbocycles. The molecule has 2 aliphatic carbocycles. The fourth-order valence-corrected chi connectivity index (χ4v) is 7.99. The van der Waals surface area contributed by atoms with Crippen LogP contribution in [0.5, 0.6) is 0 Å². The van der Waals surface area contributed by atoms with Gasteiger partial charge in [-0.2, -0.15) is 0 Å². The lowest BCUT2D eigenvalue weighted by Gasteiger charge is -2.40. The molecule has 0 N–H and O–H groups in total. The van der Waals surface area contributed by atoms with Crippen LogP contribution >= 0.6 is 23.5 Å². The molecule has 1 fully saturated rings. The van der Waals surface area contributed by atoms with Crippen LogP contribution in [0.4, 0.5) is 0 Å². The molecule has 2 nitrogen and oxygen atoms in total. The van der Waals surface area contributed by atoms with Gasteiger partial charge in [-0.1, -0.05) is 27.7 Å². The number of allylic oxidation sites excluding steroid dienone is 2. The Balaban J connectivity index is 1.88. The van der Waals surface area contributed by atoms with Gasteiger partial charge in [0, 0.05) is 24.2 Å². The highest BCUT2D eigenvalue weighted by Gasteiger charge is 2.52. The summed E-state index contributed by atoms with van der Waals surface area (Å²) in [5, 5.41) is 0. The maximum absolute atomic E-state index is 12.4. The predicted molar refractivity (Wildman–Crippen MR) is 85.6 cm³/mol. The molecule has 1 spiro atoms. The molecule has 1 heterocycles. The van der Waals surface area contributed by atoms with Gasteiger partial charge in [0.2, 0.25) is 0 Å².